The predicted molar refractivity (Wildman–Crippen MR) is 79.8 cm³/mol. The van der Waals surface area contributed by atoms with E-state index < -0.39 is 0 Å². The maximum Gasteiger partial charge on any atom is 0.211 e. The molecule has 0 fully saturated rings. The number of benzene rings is 2. The third kappa shape index (κ3) is 2.41. The largest absolute Gasteiger partial charge is 0.507 e. The van der Waals surface area contributed by atoms with Gasteiger partial charge in [0.05, 0.1) is 0 Å². The Bertz CT molecular complexity index is 718. The van der Waals surface area contributed by atoms with Crippen LogP contribution in [0.1, 0.15) is 5.56 Å². The van der Waals surface area contributed by atoms with Gasteiger partial charge in [0.2, 0.25) is 5.69 Å². The summed E-state index contributed by atoms with van der Waals surface area (Å²) in [5.74, 6) is 0.299. The zero-order valence-corrected chi connectivity index (χ0v) is 11.3. The number of rotatable bonds is 2. The second-order valence-corrected chi connectivity index (χ2v) is 4.85. The minimum atomic E-state index is 0.299. The lowest BCUT2D eigenvalue weighted by molar-refractivity contribution is -0.595. The van der Waals surface area contributed by atoms with Crippen LogP contribution in [0.15, 0.2) is 73.1 Å². The smallest absolute Gasteiger partial charge is 0.211 e. The van der Waals surface area contributed by atoms with Crippen LogP contribution < -0.4 is 4.57 Å². The van der Waals surface area contributed by atoms with Gasteiger partial charge in [-0.3, -0.25) is 0 Å². The molecule has 3 aromatic rings. The molecule has 0 aliphatic carbocycles. The minimum absolute atomic E-state index is 0.299. The van der Waals surface area contributed by atoms with E-state index in [0.29, 0.717) is 5.75 Å². The van der Waals surface area contributed by atoms with Gasteiger partial charge in [-0.2, -0.15) is 4.57 Å². The van der Waals surface area contributed by atoms with Gasteiger partial charge in [0, 0.05) is 29.8 Å². The van der Waals surface area contributed by atoms with Gasteiger partial charge in [-0.05, 0) is 24.1 Å². The Morgan fingerprint density at radius 3 is 2.25 bits per heavy atom. The lowest BCUT2D eigenvalue weighted by atomic mass is 10.0. The van der Waals surface area contributed by atoms with Crippen LogP contribution in [0.25, 0.3) is 16.8 Å². The van der Waals surface area contributed by atoms with Gasteiger partial charge in [0.15, 0.2) is 12.4 Å². The van der Waals surface area contributed by atoms with E-state index in [2.05, 4.69) is 19.1 Å². The van der Waals surface area contributed by atoms with E-state index in [1.165, 1.54) is 5.56 Å². The average molecular weight is 262 g/mol. The molecule has 0 radical (unpaired) electrons. The van der Waals surface area contributed by atoms with E-state index in [0.717, 1.165) is 16.8 Å². The summed E-state index contributed by atoms with van der Waals surface area (Å²) < 4.78 is 2.04. The van der Waals surface area contributed by atoms with Crippen molar-refractivity contribution in [1.29, 1.82) is 0 Å². The number of hydrogen-bond acceptors (Lipinski definition) is 1. The average Bonchev–Trinajstić information content (AvgIpc) is 2.50. The fourth-order valence-corrected chi connectivity index (χ4v) is 2.21. The van der Waals surface area contributed by atoms with E-state index >= 15 is 0 Å². The second-order valence-electron chi connectivity index (χ2n) is 4.85. The summed E-state index contributed by atoms with van der Waals surface area (Å²) in [5.41, 5.74) is 4.11. The Hall–Kier alpha value is -2.61. The number of nitrogens with zero attached hydrogens (tertiary/aromatic N) is 1. The standard InChI is InChI=1S/C18H15NO/c1-14-9-11-19(12-10-14)16-7-8-18(20)17(13-16)15-5-3-2-4-6-15/h2-13H,1H3/p+1. The van der Waals surface area contributed by atoms with Crippen molar-refractivity contribution in [1.82, 2.24) is 0 Å². The Balaban J connectivity index is 2.09. The first kappa shape index (κ1) is 12.4. The van der Waals surface area contributed by atoms with Crippen molar-refractivity contribution in [2.45, 2.75) is 6.92 Å². The molecule has 0 amide bonds. The summed E-state index contributed by atoms with van der Waals surface area (Å²) in [6.07, 6.45) is 4.05. The van der Waals surface area contributed by atoms with Crippen LogP contribution >= 0.6 is 0 Å². The molecule has 0 unspecified atom stereocenters. The van der Waals surface area contributed by atoms with Crippen LogP contribution in [0, 0.1) is 6.92 Å². The molecule has 2 aromatic carbocycles. The maximum atomic E-state index is 10.1. The number of aromatic hydroxyl groups is 1. The van der Waals surface area contributed by atoms with E-state index in [9.17, 15) is 5.11 Å². The summed E-state index contributed by atoms with van der Waals surface area (Å²) in [5, 5.41) is 10.1. The Kier molecular flexibility index (Phi) is 3.21. The van der Waals surface area contributed by atoms with Crippen molar-refractivity contribution in [3.63, 3.8) is 0 Å². The highest BCUT2D eigenvalue weighted by Gasteiger charge is 2.11. The molecule has 0 bridgehead atoms. The van der Waals surface area contributed by atoms with Crippen molar-refractivity contribution in [2.75, 3.05) is 0 Å². The van der Waals surface area contributed by atoms with Gasteiger partial charge >= 0.3 is 0 Å². The molecule has 1 aromatic heterocycles. The molecular weight excluding hydrogens is 246 g/mol. The normalized spacial score (nSPS) is 10.4. The molecule has 2 heteroatoms. The summed E-state index contributed by atoms with van der Waals surface area (Å²) >= 11 is 0. The molecule has 3 rings (SSSR count). The summed E-state index contributed by atoms with van der Waals surface area (Å²) in [4.78, 5) is 0. The van der Waals surface area contributed by atoms with Crippen molar-refractivity contribution >= 4 is 0 Å². The zero-order valence-electron chi connectivity index (χ0n) is 11.3. The fourth-order valence-electron chi connectivity index (χ4n) is 2.21. The van der Waals surface area contributed by atoms with E-state index in [4.69, 9.17) is 0 Å². The first-order valence-electron chi connectivity index (χ1n) is 6.61. The summed E-state index contributed by atoms with van der Waals surface area (Å²) in [6, 6.07) is 19.7. The minimum Gasteiger partial charge on any atom is -0.507 e. The number of phenolic OH excluding ortho intramolecular Hbond substituents is 1. The Morgan fingerprint density at radius 1 is 0.850 bits per heavy atom. The molecule has 0 aliphatic heterocycles. The Labute approximate surface area is 118 Å². The van der Waals surface area contributed by atoms with Gasteiger partial charge < -0.3 is 5.11 Å². The van der Waals surface area contributed by atoms with Gasteiger partial charge in [0.25, 0.3) is 0 Å². The van der Waals surface area contributed by atoms with Crippen molar-refractivity contribution in [2.24, 2.45) is 0 Å². The van der Waals surface area contributed by atoms with E-state index in [-0.39, 0.29) is 0 Å². The van der Waals surface area contributed by atoms with Crippen LogP contribution in [0.3, 0.4) is 0 Å². The van der Waals surface area contributed by atoms with Crippen LogP contribution in [0.5, 0.6) is 5.75 Å². The van der Waals surface area contributed by atoms with Gasteiger partial charge in [-0.25, -0.2) is 0 Å². The monoisotopic (exact) mass is 262 g/mol. The number of aryl methyl sites for hydroxylation is 1. The van der Waals surface area contributed by atoms with Gasteiger partial charge in [-0.1, -0.05) is 30.3 Å². The lowest BCUT2D eigenvalue weighted by Crippen LogP contribution is -2.29. The van der Waals surface area contributed by atoms with Crippen molar-refractivity contribution < 1.29 is 9.67 Å². The molecule has 0 spiro atoms. The molecular formula is C18H16NO+. The molecule has 1 heterocycles. The van der Waals surface area contributed by atoms with E-state index in [1.807, 2.05) is 59.4 Å². The zero-order chi connectivity index (χ0) is 13.9. The molecule has 20 heavy (non-hydrogen) atoms. The SMILES string of the molecule is Cc1cc[n+](-c2ccc(O)c(-c3ccccc3)c2)cc1. The third-order valence-electron chi connectivity index (χ3n) is 3.36. The van der Waals surface area contributed by atoms with Crippen LogP contribution in [0.4, 0.5) is 0 Å². The van der Waals surface area contributed by atoms with Crippen LogP contribution in [0.2, 0.25) is 0 Å². The molecule has 2 nitrogen and oxygen atoms in total. The highest BCUT2D eigenvalue weighted by Crippen LogP contribution is 2.29. The number of pyridine rings is 1. The fraction of sp³-hybridized carbons (Fsp3) is 0.0556. The quantitative estimate of drug-likeness (QED) is 0.700. The van der Waals surface area contributed by atoms with Gasteiger partial charge in [-0.15, -0.1) is 0 Å². The third-order valence-corrected chi connectivity index (χ3v) is 3.36. The van der Waals surface area contributed by atoms with E-state index in [1.54, 1.807) is 6.07 Å². The van der Waals surface area contributed by atoms with Crippen LogP contribution in [-0.2, 0) is 0 Å². The number of aromatic nitrogens is 1. The van der Waals surface area contributed by atoms with Gasteiger partial charge in [0.1, 0.15) is 5.75 Å². The number of phenols is 1. The number of hydrogen-bond donors (Lipinski definition) is 1. The summed E-state index contributed by atoms with van der Waals surface area (Å²) in [7, 11) is 0. The predicted octanol–water partition coefficient (Wildman–Crippen LogP) is 3.64. The maximum absolute atomic E-state index is 10.1. The Morgan fingerprint density at radius 2 is 1.55 bits per heavy atom. The molecule has 0 saturated heterocycles. The highest BCUT2D eigenvalue weighted by atomic mass is 16.3. The first-order valence-corrected chi connectivity index (χ1v) is 6.61. The molecule has 0 saturated carbocycles. The van der Waals surface area contributed by atoms with Crippen molar-refractivity contribution in [3.05, 3.63) is 78.6 Å². The summed E-state index contributed by atoms with van der Waals surface area (Å²) in [6.45, 7) is 2.07. The second kappa shape index (κ2) is 5.17. The first-order chi connectivity index (χ1) is 9.74. The molecule has 0 atom stereocenters. The molecule has 0 aliphatic rings. The van der Waals surface area contributed by atoms with Crippen molar-refractivity contribution in [3.8, 4) is 22.6 Å². The molecule has 1 N–H and O–H groups in total. The molecule has 98 valence electrons. The highest BCUT2D eigenvalue weighted by molar-refractivity contribution is 5.71. The van der Waals surface area contributed by atoms with Crippen LogP contribution in [-0.4, -0.2) is 5.11 Å². The topological polar surface area (TPSA) is 24.1 Å². The lowest BCUT2D eigenvalue weighted by Gasteiger charge is -2.05.